The molecule has 2 aromatic rings. The van der Waals surface area contributed by atoms with Crippen molar-refractivity contribution in [1.82, 2.24) is 14.9 Å². The maximum Gasteiger partial charge on any atom is 0.318 e. The Morgan fingerprint density at radius 3 is 2.90 bits per heavy atom. The second kappa shape index (κ2) is 11.0. The highest BCUT2D eigenvalue weighted by Crippen LogP contribution is 2.49. The van der Waals surface area contributed by atoms with E-state index in [1.165, 1.54) is 23.7 Å². The summed E-state index contributed by atoms with van der Waals surface area (Å²) in [7, 11) is 0. The summed E-state index contributed by atoms with van der Waals surface area (Å²) in [5, 5.41) is 7.92. The van der Waals surface area contributed by atoms with E-state index in [0.717, 1.165) is 73.8 Å². The van der Waals surface area contributed by atoms with Crippen molar-refractivity contribution in [3.05, 3.63) is 45.6 Å². The molecule has 5 heterocycles. The second-order valence-electron chi connectivity index (χ2n) is 12.2. The first kappa shape index (κ1) is 27.5. The van der Waals surface area contributed by atoms with Crippen LogP contribution in [0.25, 0.3) is 0 Å². The number of hydrogen-bond donors (Lipinski definition) is 1. The molecule has 1 aromatic carbocycles. The number of benzene rings is 1. The highest BCUT2D eigenvalue weighted by Gasteiger charge is 2.50. The summed E-state index contributed by atoms with van der Waals surface area (Å²) in [5.74, 6) is 1.58. The van der Waals surface area contributed by atoms with Gasteiger partial charge in [-0.2, -0.15) is 15.2 Å². The molecule has 1 spiro atoms. The van der Waals surface area contributed by atoms with Gasteiger partial charge in [-0.25, -0.2) is 4.39 Å². The molecule has 1 aromatic heterocycles. The fraction of sp³-hybridized carbons (Fsp3) is 0.633. The normalized spacial score (nSPS) is 30.7. The monoisotopic (exact) mass is 568 g/mol. The third-order valence-electron chi connectivity index (χ3n) is 9.57. The van der Waals surface area contributed by atoms with Gasteiger partial charge in [-0.15, -0.1) is 0 Å². The largest absolute Gasteiger partial charge is 0.461 e. The van der Waals surface area contributed by atoms with Crippen molar-refractivity contribution in [1.29, 1.82) is 5.26 Å². The Morgan fingerprint density at radius 1 is 1.23 bits per heavy atom. The zero-order chi connectivity index (χ0) is 27.9. The average molecular weight is 569 g/mol. The van der Waals surface area contributed by atoms with E-state index >= 15 is 0 Å². The summed E-state index contributed by atoms with van der Waals surface area (Å²) in [6, 6.07) is 6.58. The third-order valence-corrected chi connectivity index (χ3v) is 9.93. The van der Waals surface area contributed by atoms with Crippen LogP contribution in [0.4, 0.5) is 10.2 Å². The van der Waals surface area contributed by atoms with Crippen molar-refractivity contribution in [2.24, 2.45) is 11.7 Å². The Kier molecular flexibility index (Phi) is 7.53. The Hall–Kier alpha value is -2.67. The Labute approximate surface area is 240 Å². The molecule has 3 saturated heterocycles. The molecule has 0 bridgehead atoms. The number of ether oxygens (including phenoxy) is 2. The average Bonchev–Trinajstić information content (AvgIpc) is 3.58. The molecular weight excluding hydrogens is 531 g/mol. The number of nitriles is 1. The van der Waals surface area contributed by atoms with Gasteiger partial charge < -0.3 is 20.1 Å². The van der Waals surface area contributed by atoms with Crippen LogP contribution in [0.15, 0.2) is 18.2 Å². The van der Waals surface area contributed by atoms with Gasteiger partial charge in [-0.1, -0.05) is 30.7 Å². The van der Waals surface area contributed by atoms with Crippen molar-refractivity contribution < 1.29 is 13.9 Å². The first-order chi connectivity index (χ1) is 19.4. The lowest BCUT2D eigenvalue weighted by molar-refractivity contribution is -0.0730. The van der Waals surface area contributed by atoms with Gasteiger partial charge in [0.1, 0.15) is 18.6 Å². The van der Waals surface area contributed by atoms with Crippen LogP contribution < -0.4 is 15.4 Å². The number of piperidine rings is 1. The van der Waals surface area contributed by atoms with Crippen LogP contribution in [0.1, 0.15) is 67.8 Å². The summed E-state index contributed by atoms with van der Waals surface area (Å²) in [6.07, 6.45) is 8.00. The van der Waals surface area contributed by atoms with E-state index in [9.17, 15) is 4.39 Å². The minimum Gasteiger partial charge on any atom is -0.461 e. The van der Waals surface area contributed by atoms with Crippen molar-refractivity contribution in [2.45, 2.75) is 82.2 Å². The molecule has 0 radical (unpaired) electrons. The lowest BCUT2D eigenvalue weighted by atomic mass is 9.86. The van der Waals surface area contributed by atoms with Gasteiger partial charge in [0, 0.05) is 43.1 Å². The molecule has 40 heavy (non-hydrogen) atoms. The molecule has 8 nitrogen and oxygen atoms in total. The van der Waals surface area contributed by atoms with Crippen LogP contribution in [0.2, 0.25) is 5.02 Å². The molecule has 214 valence electrons. The van der Waals surface area contributed by atoms with Crippen molar-refractivity contribution in [2.75, 3.05) is 37.7 Å². The Morgan fingerprint density at radius 2 is 2.08 bits per heavy atom. The van der Waals surface area contributed by atoms with Gasteiger partial charge in [0.05, 0.1) is 23.4 Å². The highest BCUT2D eigenvalue weighted by molar-refractivity contribution is 6.31. The van der Waals surface area contributed by atoms with Gasteiger partial charge in [0.2, 0.25) is 0 Å². The molecule has 4 atom stereocenters. The first-order valence-corrected chi connectivity index (χ1v) is 14.9. The smallest absolute Gasteiger partial charge is 0.318 e. The van der Waals surface area contributed by atoms with Gasteiger partial charge in [-0.05, 0) is 68.2 Å². The molecule has 5 aliphatic rings. The molecule has 4 aliphatic heterocycles. The number of rotatable bonds is 4. The van der Waals surface area contributed by atoms with E-state index in [2.05, 4.69) is 28.5 Å². The number of fused-ring (bicyclic) bond motifs is 4. The summed E-state index contributed by atoms with van der Waals surface area (Å²) in [6.45, 7) is 6.68. The second-order valence-corrected chi connectivity index (χ2v) is 12.6. The molecular formula is C30H38ClFN6O2. The zero-order valence-corrected chi connectivity index (χ0v) is 23.9. The fourth-order valence-corrected chi connectivity index (χ4v) is 7.98. The third kappa shape index (κ3) is 4.88. The van der Waals surface area contributed by atoms with Crippen LogP contribution in [-0.2, 0) is 29.8 Å². The lowest BCUT2D eigenvalue weighted by Crippen LogP contribution is -2.44. The fourth-order valence-electron chi connectivity index (χ4n) is 7.71. The predicted octanol–water partition coefficient (Wildman–Crippen LogP) is 4.66. The van der Waals surface area contributed by atoms with Crippen LogP contribution >= 0.6 is 11.6 Å². The minimum atomic E-state index is -0.773. The van der Waals surface area contributed by atoms with E-state index in [4.69, 9.17) is 36.3 Å². The number of nitrogens with two attached hydrogens (primary N) is 1. The number of hydrogen-bond acceptors (Lipinski definition) is 8. The topological polar surface area (TPSA) is 101 Å². The molecule has 3 fully saturated rings. The van der Waals surface area contributed by atoms with Crippen LogP contribution in [0.5, 0.6) is 6.01 Å². The van der Waals surface area contributed by atoms with Crippen LogP contribution in [-0.4, -0.2) is 59.4 Å². The number of aromatic nitrogens is 2. The van der Waals surface area contributed by atoms with E-state index in [1.54, 1.807) is 0 Å². The summed E-state index contributed by atoms with van der Waals surface area (Å²) < 4.78 is 27.4. The summed E-state index contributed by atoms with van der Waals surface area (Å²) >= 11 is 6.56. The maximum atomic E-state index is 14.3. The van der Waals surface area contributed by atoms with E-state index in [1.807, 2.05) is 12.1 Å². The number of nitrogens with zero attached hydrogens (tertiary/aromatic N) is 5. The Balaban J connectivity index is 0.000000925. The maximum absolute atomic E-state index is 14.3. The SMILES string of the molecule is CC1CCCN(c2nc(OC[C@@]34CCCN3CC(F)C4)nc3c2COC2(CCc4c(Cl)cccc42)C3)C1.N#CN. The molecule has 7 rings (SSSR count). The summed E-state index contributed by atoms with van der Waals surface area (Å²) in [4.78, 5) is 14.7. The van der Waals surface area contributed by atoms with Crippen LogP contribution in [0.3, 0.4) is 0 Å². The molecule has 0 amide bonds. The van der Waals surface area contributed by atoms with Crippen molar-refractivity contribution in [3.63, 3.8) is 0 Å². The molecule has 2 N–H and O–H groups in total. The Bertz CT molecular complexity index is 1310. The zero-order valence-electron chi connectivity index (χ0n) is 23.2. The van der Waals surface area contributed by atoms with Gasteiger partial charge in [0.15, 0.2) is 6.19 Å². The van der Waals surface area contributed by atoms with Crippen molar-refractivity contribution in [3.8, 4) is 12.2 Å². The van der Waals surface area contributed by atoms with Crippen molar-refractivity contribution >= 4 is 17.4 Å². The molecule has 3 unspecified atom stereocenters. The van der Waals surface area contributed by atoms with Crippen LogP contribution in [0, 0.1) is 17.4 Å². The van der Waals surface area contributed by atoms with Gasteiger partial charge in [0.25, 0.3) is 0 Å². The number of anilines is 1. The van der Waals surface area contributed by atoms with E-state index < -0.39 is 11.8 Å². The number of alkyl halides is 1. The standard InChI is InChI=1S/C29H36ClFN4O2.CH2N2/c1-19-5-3-11-34(15-19)26-22-17-37-29(10-8-21-23(29)6-2-7-24(21)30)14-25(22)32-27(33-26)36-18-28-9-4-12-35(28)16-20(31)13-28;2-1-3/h2,6-7,19-20H,3-5,8-18H2,1H3;2H2/t19?,20?,28-,29?;/m0./s1. The lowest BCUT2D eigenvalue weighted by Gasteiger charge is -2.39. The molecule has 1 aliphatic carbocycles. The van der Waals surface area contributed by atoms with Gasteiger partial charge >= 0.3 is 6.01 Å². The first-order valence-electron chi connectivity index (χ1n) is 14.5. The van der Waals surface area contributed by atoms with E-state index in [0.29, 0.717) is 44.5 Å². The van der Waals surface area contributed by atoms with Gasteiger partial charge in [-0.3, -0.25) is 4.90 Å². The molecule has 0 saturated carbocycles. The number of halogens is 2. The highest BCUT2D eigenvalue weighted by atomic mass is 35.5. The predicted molar refractivity (Wildman–Crippen MR) is 151 cm³/mol. The minimum absolute atomic E-state index is 0.218. The summed E-state index contributed by atoms with van der Waals surface area (Å²) in [5.41, 5.74) is 8.04. The van der Waals surface area contributed by atoms with E-state index in [-0.39, 0.29) is 5.54 Å². The quantitative estimate of drug-likeness (QED) is 0.420. The molecule has 10 heteroatoms.